The van der Waals surface area contributed by atoms with Crippen molar-refractivity contribution in [3.63, 3.8) is 0 Å². The van der Waals surface area contributed by atoms with Crippen LogP contribution in [0.3, 0.4) is 0 Å². The maximum Gasteiger partial charge on any atom is 0.269 e. The van der Waals surface area contributed by atoms with E-state index in [4.69, 9.17) is 5.11 Å². The first-order valence-corrected chi connectivity index (χ1v) is 5.62. The van der Waals surface area contributed by atoms with E-state index in [-0.39, 0.29) is 12.5 Å². The number of nitrogens with one attached hydrogen (secondary N) is 1. The van der Waals surface area contributed by atoms with Gasteiger partial charge in [0.1, 0.15) is 5.69 Å². The number of hydrogen-bond donors (Lipinski definition) is 2. The minimum atomic E-state index is -0.0813. The van der Waals surface area contributed by atoms with Crippen molar-refractivity contribution in [2.24, 2.45) is 7.05 Å². The van der Waals surface area contributed by atoms with Crippen molar-refractivity contribution in [2.75, 3.05) is 13.2 Å². The van der Waals surface area contributed by atoms with E-state index in [1.807, 2.05) is 0 Å². The van der Waals surface area contributed by atoms with E-state index in [1.54, 1.807) is 24.0 Å². The lowest BCUT2D eigenvalue weighted by Crippen LogP contribution is -2.26. The molecule has 0 spiro atoms. The number of aliphatic hydroxyl groups excluding tert-OH is 1. The maximum absolute atomic E-state index is 11.6. The summed E-state index contributed by atoms with van der Waals surface area (Å²) in [5.74, 6) is -0.0813. The van der Waals surface area contributed by atoms with E-state index in [9.17, 15) is 4.79 Å². The summed E-state index contributed by atoms with van der Waals surface area (Å²) in [6.45, 7) is 0.927. The summed E-state index contributed by atoms with van der Waals surface area (Å²) >= 11 is 0. The molecule has 0 aromatic carbocycles. The Labute approximate surface area is 95.5 Å². The minimum Gasteiger partial charge on any atom is -0.396 e. The number of unbranched alkanes of at least 4 members (excludes halogenated alkanes) is 3. The van der Waals surface area contributed by atoms with Crippen LogP contribution in [0, 0.1) is 0 Å². The minimum absolute atomic E-state index is 0.0813. The second kappa shape index (κ2) is 7.00. The zero-order valence-electron chi connectivity index (χ0n) is 9.65. The number of carbonyl (C=O) groups is 1. The predicted molar refractivity (Wildman–Crippen MR) is 61.1 cm³/mol. The Kier molecular flexibility index (Phi) is 5.56. The predicted octanol–water partition coefficient (Wildman–Crippen LogP) is 0.703. The molecular weight excluding hydrogens is 206 g/mol. The van der Waals surface area contributed by atoms with Gasteiger partial charge in [0.15, 0.2) is 0 Å². The Hall–Kier alpha value is -1.36. The topological polar surface area (TPSA) is 67.2 Å². The van der Waals surface area contributed by atoms with Crippen molar-refractivity contribution in [3.05, 3.63) is 18.0 Å². The van der Waals surface area contributed by atoms with Gasteiger partial charge in [-0.2, -0.15) is 5.10 Å². The lowest BCUT2D eigenvalue weighted by Gasteiger charge is -2.04. The van der Waals surface area contributed by atoms with Gasteiger partial charge in [-0.1, -0.05) is 12.8 Å². The van der Waals surface area contributed by atoms with E-state index < -0.39 is 0 Å². The van der Waals surface area contributed by atoms with Crippen molar-refractivity contribution in [1.82, 2.24) is 15.1 Å². The van der Waals surface area contributed by atoms with Crippen molar-refractivity contribution in [1.29, 1.82) is 0 Å². The van der Waals surface area contributed by atoms with Gasteiger partial charge in [0.25, 0.3) is 5.91 Å². The van der Waals surface area contributed by atoms with Crippen LogP contribution in [0.1, 0.15) is 36.2 Å². The van der Waals surface area contributed by atoms with Gasteiger partial charge in [-0.05, 0) is 18.9 Å². The van der Waals surface area contributed by atoms with E-state index in [1.165, 1.54) is 0 Å². The fraction of sp³-hybridized carbons (Fsp3) is 0.636. The average molecular weight is 225 g/mol. The smallest absolute Gasteiger partial charge is 0.269 e. The van der Waals surface area contributed by atoms with Crippen molar-refractivity contribution < 1.29 is 9.90 Å². The number of carbonyl (C=O) groups excluding carboxylic acids is 1. The Morgan fingerprint density at radius 3 is 2.81 bits per heavy atom. The van der Waals surface area contributed by atoms with Gasteiger partial charge in [-0.25, -0.2) is 0 Å². The lowest BCUT2D eigenvalue weighted by atomic mass is 10.2. The van der Waals surface area contributed by atoms with Crippen LogP contribution in [0.15, 0.2) is 12.3 Å². The van der Waals surface area contributed by atoms with Crippen LogP contribution >= 0.6 is 0 Å². The number of aliphatic hydroxyl groups is 1. The molecule has 0 saturated heterocycles. The maximum atomic E-state index is 11.6. The van der Waals surface area contributed by atoms with Crippen LogP contribution in [-0.4, -0.2) is 33.9 Å². The molecule has 0 unspecified atom stereocenters. The van der Waals surface area contributed by atoms with Crippen LogP contribution < -0.4 is 5.32 Å². The Balaban J connectivity index is 2.14. The van der Waals surface area contributed by atoms with Crippen molar-refractivity contribution >= 4 is 5.91 Å². The molecule has 90 valence electrons. The Bertz CT molecular complexity index is 323. The van der Waals surface area contributed by atoms with Crippen LogP contribution in [0.25, 0.3) is 0 Å². The number of aryl methyl sites for hydroxylation is 1. The number of rotatable bonds is 7. The van der Waals surface area contributed by atoms with Gasteiger partial charge >= 0.3 is 0 Å². The zero-order valence-corrected chi connectivity index (χ0v) is 9.65. The molecule has 16 heavy (non-hydrogen) atoms. The molecule has 0 aliphatic heterocycles. The summed E-state index contributed by atoms with van der Waals surface area (Å²) in [7, 11) is 1.75. The van der Waals surface area contributed by atoms with Gasteiger partial charge in [0.2, 0.25) is 0 Å². The molecule has 0 atom stereocenters. The van der Waals surface area contributed by atoms with E-state index in [2.05, 4.69) is 10.4 Å². The van der Waals surface area contributed by atoms with Gasteiger partial charge < -0.3 is 10.4 Å². The van der Waals surface area contributed by atoms with Crippen LogP contribution in [0.5, 0.6) is 0 Å². The molecule has 0 aliphatic carbocycles. The first-order valence-electron chi connectivity index (χ1n) is 5.62. The van der Waals surface area contributed by atoms with Crippen molar-refractivity contribution in [2.45, 2.75) is 25.7 Å². The number of amides is 1. The normalized spacial score (nSPS) is 10.4. The molecule has 1 amide bonds. The zero-order chi connectivity index (χ0) is 11.8. The quantitative estimate of drug-likeness (QED) is 0.671. The SMILES string of the molecule is Cn1nccc1C(=O)NCCCCCCO. The fourth-order valence-electron chi connectivity index (χ4n) is 1.48. The van der Waals surface area contributed by atoms with E-state index in [0.717, 1.165) is 25.7 Å². The molecule has 1 heterocycles. The summed E-state index contributed by atoms with van der Waals surface area (Å²) in [5.41, 5.74) is 0.579. The molecule has 1 aromatic heterocycles. The molecule has 0 radical (unpaired) electrons. The second-order valence-corrected chi connectivity index (χ2v) is 3.73. The largest absolute Gasteiger partial charge is 0.396 e. The summed E-state index contributed by atoms with van der Waals surface area (Å²) in [4.78, 5) is 11.6. The molecular formula is C11H19N3O2. The van der Waals surface area contributed by atoms with Crippen LogP contribution in [0.2, 0.25) is 0 Å². The number of nitrogens with zero attached hydrogens (tertiary/aromatic N) is 2. The third-order valence-electron chi connectivity index (χ3n) is 2.42. The molecule has 0 fully saturated rings. The molecule has 5 nitrogen and oxygen atoms in total. The third-order valence-corrected chi connectivity index (χ3v) is 2.42. The third kappa shape index (κ3) is 4.02. The van der Waals surface area contributed by atoms with Gasteiger partial charge in [-0.15, -0.1) is 0 Å². The summed E-state index contributed by atoms with van der Waals surface area (Å²) in [5, 5.41) is 15.4. The van der Waals surface area contributed by atoms with Gasteiger partial charge in [0, 0.05) is 26.4 Å². The molecule has 0 bridgehead atoms. The number of hydrogen-bond acceptors (Lipinski definition) is 3. The highest BCUT2D eigenvalue weighted by Crippen LogP contribution is 1.99. The highest BCUT2D eigenvalue weighted by atomic mass is 16.2. The standard InChI is InChI=1S/C11H19N3O2/c1-14-10(6-8-13-14)11(16)12-7-4-2-3-5-9-15/h6,8,15H,2-5,7,9H2,1H3,(H,12,16). The Morgan fingerprint density at radius 1 is 1.44 bits per heavy atom. The molecule has 1 aromatic rings. The molecule has 5 heteroatoms. The molecule has 2 N–H and O–H groups in total. The average Bonchev–Trinajstić information content (AvgIpc) is 2.69. The van der Waals surface area contributed by atoms with Crippen LogP contribution in [-0.2, 0) is 7.05 Å². The van der Waals surface area contributed by atoms with Gasteiger partial charge in [-0.3, -0.25) is 9.48 Å². The number of aromatic nitrogens is 2. The van der Waals surface area contributed by atoms with Gasteiger partial charge in [0.05, 0.1) is 0 Å². The lowest BCUT2D eigenvalue weighted by molar-refractivity contribution is 0.0943. The molecule has 0 saturated carbocycles. The second-order valence-electron chi connectivity index (χ2n) is 3.73. The van der Waals surface area contributed by atoms with E-state index in [0.29, 0.717) is 12.2 Å². The summed E-state index contributed by atoms with van der Waals surface area (Å²) in [6.07, 6.45) is 5.44. The molecule has 1 rings (SSSR count). The Morgan fingerprint density at radius 2 is 2.19 bits per heavy atom. The monoisotopic (exact) mass is 225 g/mol. The fourth-order valence-corrected chi connectivity index (χ4v) is 1.48. The first kappa shape index (κ1) is 12.7. The summed E-state index contributed by atoms with van der Waals surface area (Å²) < 4.78 is 1.56. The van der Waals surface area contributed by atoms with Crippen LogP contribution in [0.4, 0.5) is 0 Å². The highest BCUT2D eigenvalue weighted by Gasteiger charge is 2.07. The molecule has 0 aliphatic rings. The van der Waals surface area contributed by atoms with Crippen molar-refractivity contribution in [3.8, 4) is 0 Å². The van der Waals surface area contributed by atoms with E-state index >= 15 is 0 Å². The highest BCUT2D eigenvalue weighted by molar-refractivity contribution is 5.92. The summed E-state index contributed by atoms with van der Waals surface area (Å²) in [6, 6.07) is 1.70. The first-order chi connectivity index (χ1) is 7.75.